The van der Waals surface area contributed by atoms with Gasteiger partial charge in [0, 0.05) is 18.7 Å². The van der Waals surface area contributed by atoms with Gasteiger partial charge in [0.05, 0.1) is 7.11 Å². The maximum Gasteiger partial charge on any atom is 0.253 e. The smallest absolute Gasteiger partial charge is 0.253 e. The van der Waals surface area contributed by atoms with Crippen molar-refractivity contribution >= 4 is 16.7 Å². The zero-order chi connectivity index (χ0) is 14.8. The fraction of sp³-hybridized carbons (Fsp3) is 0.389. The monoisotopic (exact) mass is 283 g/mol. The number of rotatable bonds is 2. The maximum atomic E-state index is 12.6. The second kappa shape index (κ2) is 5.76. The molecule has 1 aliphatic rings. The van der Waals surface area contributed by atoms with Crippen LogP contribution in [0, 0.1) is 5.92 Å². The highest BCUT2D eigenvalue weighted by atomic mass is 16.5. The minimum absolute atomic E-state index is 0.152. The van der Waals surface area contributed by atoms with Crippen molar-refractivity contribution in [2.75, 3.05) is 20.2 Å². The van der Waals surface area contributed by atoms with E-state index in [1.807, 2.05) is 41.3 Å². The van der Waals surface area contributed by atoms with Crippen LogP contribution in [-0.2, 0) is 0 Å². The maximum absolute atomic E-state index is 12.6. The summed E-state index contributed by atoms with van der Waals surface area (Å²) >= 11 is 0. The van der Waals surface area contributed by atoms with Crippen LogP contribution in [0.3, 0.4) is 0 Å². The van der Waals surface area contributed by atoms with Crippen LogP contribution in [0.15, 0.2) is 36.4 Å². The van der Waals surface area contributed by atoms with E-state index in [4.69, 9.17) is 4.74 Å². The van der Waals surface area contributed by atoms with Gasteiger partial charge in [0.25, 0.3) is 5.91 Å². The first kappa shape index (κ1) is 13.9. The predicted molar refractivity (Wildman–Crippen MR) is 84.8 cm³/mol. The quantitative estimate of drug-likeness (QED) is 0.840. The summed E-state index contributed by atoms with van der Waals surface area (Å²) in [7, 11) is 1.66. The molecule has 3 nitrogen and oxygen atoms in total. The van der Waals surface area contributed by atoms with E-state index in [1.165, 1.54) is 6.42 Å². The molecule has 0 spiro atoms. The van der Waals surface area contributed by atoms with Gasteiger partial charge in [-0.3, -0.25) is 4.79 Å². The third kappa shape index (κ3) is 2.87. The van der Waals surface area contributed by atoms with Crippen molar-refractivity contribution in [3.8, 4) is 5.75 Å². The molecule has 0 bridgehead atoms. The van der Waals surface area contributed by atoms with Crippen molar-refractivity contribution in [3.05, 3.63) is 42.0 Å². The number of carbonyl (C=O) groups is 1. The van der Waals surface area contributed by atoms with Crippen LogP contribution in [0.25, 0.3) is 10.8 Å². The highest BCUT2D eigenvalue weighted by Gasteiger charge is 2.22. The number of methoxy groups -OCH3 is 1. The van der Waals surface area contributed by atoms with Crippen molar-refractivity contribution in [2.45, 2.75) is 19.8 Å². The molecule has 0 aliphatic carbocycles. The lowest BCUT2D eigenvalue weighted by atomic mass is 9.99. The molecule has 0 aromatic heterocycles. The van der Waals surface area contributed by atoms with Crippen LogP contribution < -0.4 is 4.74 Å². The summed E-state index contributed by atoms with van der Waals surface area (Å²) < 4.78 is 5.23. The number of piperidine rings is 1. The number of nitrogens with zero attached hydrogens (tertiary/aromatic N) is 1. The third-order valence-corrected chi connectivity index (χ3v) is 4.24. The Bertz CT molecular complexity index is 665. The van der Waals surface area contributed by atoms with E-state index in [9.17, 15) is 4.79 Å². The molecule has 1 atom stereocenters. The molecule has 1 fully saturated rings. The molecule has 1 unspecified atom stereocenters. The Labute approximate surface area is 125 Å². The standard InChI is InChI=1S/C18H21NO2/c1-13-4-3-9-19(12-13)18(20)16-6-5-15-11-17(21-2)8-7-14(15)10-16/h5-8,10-11,13H,3-4,9,12H2,1-2H3. The topological polar surface area (TPSA) is 29.5 Å². The number of hydrogen-bond acceptors (Lipinski definition) is 2. The highest BCUT2D eigenvalue weighted by molar-refractivity contribution is 5.98. The molecule has 3 rings (SSSR count). The van der Waals surface area contributed by atoms with Gasteiger partial charge < -0.3 is 9.64 Å². The van der Waals surface area contributed by atoms with Crippen molar-refractivity contribution in [1.82, 2.24) is 4.90 Å². The van der Waals surface area contributed by atoms with Crippen molar-refractivity contribution in [1.29, 1.82) is 0 Å². The molecule has 1 aliphatic heterocycles. The Kier molecular flexibility index (Phi) is 3.82. The van der Waals surface area contributed by atoms with Gasteiger partial charge in [0.15, 0.2) is 0 Å². The van der Waals surface area contributed by atoms with Gasteiger partial charge in [-0.25, -0.2) is 0 Å². The molecule has 0 saturated carbocycles. The van der Waals surface area contributed by atoms with Crippen LogP contribution in [0.2, 0.25) is 0 Å². The third-order valence-electron chi connectivity index (χ3n) is 4.24. The van der Waals surface area contributed by atoms with Crippen molar-refractivity contribution < 1.29 is 9.53 Å². The number of ether oxygens (including phenoxy) is 1. The van der Waals surface area contributed by atoms with E-state index in [2.05, 4.69) is 6.92 Å². The second-order valence-corrected chi connectivity index (χ2v) is 5.93. The van der Waals surface area contributed by atoms with Gasteiger partial charge in [0.2, 0.25) is 0 Å². The molecule has 1 amide bonds. The Morgan fingerprint density at radius 3 is 2.71 bits per heavy atom. The second-order valence-electron chi connectivity index (χ2n) is 5.93. The minimum atomic E-state index is 0.152. The normalized spacial score (nSPS) is 18.8. The fourth-order valence-corrected chi connectivity index (χ4v) is 3.04. The van der Waals surface area contributed by atoms with E-state index in [-0.39, 0.29) is 5.91 Å². The largest absolute Gasteiger partial charge is 0.497 e. The zero-order valence-corrected chi connectivity index (χ0v) is 12.6. The average molecular weight is 283 g/mol. The molecule has 1 heterocycles. The van der Waals surface area contributed by atoms with E-state index in [0.717, 1.165) is 41.6 Å². The fourth-order valence-electron chi connectivity index (χ4n) is 3.04. The number of amides is 1. The van der Waals surface area contributed by atoms with Crippen LogP contribution in [-0.4, -0.2) is 31.0 Å². The van der Waals surface area contributed by atoms with Crippen LogP contribution in [0.5, 0.6) is 5.75 Å². The van der Waals surface area contributed by atoms with Gasteiger partial charge >= 0.3 is 0 Å². The van der Waals surface area contributed by atoms with E-state index >= 15 is 0 Å². The SMILES string of the molecule is COc1ccc2cc(C(=O)N3CCCC(C)C3)ccc2c1. The molecule has 110 valence electrons. The Hall–Kier alpha value is -2.03. The summed E-state index contributed by atoms with van der Waals surface area (Å²) in [5.41, 5.74) is 0.779. The summed E-state index contributed by atoms with van der Waals surface area (Å²) in [5, 5.41) is 2.17. The summed E-state index contributed by atoms with van der Waals surface area (Å²) in [6.07, 6.45) is 2.33. The molecule has 2 aromatic carbocycles. The number of likely N-dealkylation sites (tertiary alicyclic amines) is 1. The summed E-state index contributed by atoms with van der Waals surface area (Å²) in [5.74, 6) is 1.60. The van der Waals surface area contributed by atoms with Gasteiger partial charge in [0.1, 0.15) is 5.75 Å². The van der Waals surface area contributed by atoms with Gasteiger partial charge in [-0.2, -0.15) is 0 Å². The molecule has 21 heavy (non-hydrogen) atoms. The minimum Gasteiger partial charge on any atom is -0.497 e. The highest BCUT2D eigenvalue weighted by Crippen LogP contribution is 2.23. The first-order valence-electron chi connectivity index (χ1n) is 7.54. The summed E-state index contributed by atoms with van der Waals surface area (Å²) in [6.45, 7) is 3.97. The number of fused-ring (bicyclic) bond motifs is 1. The Balaban J connectivity index is 1.88. The molecule has 0 N–H and O–H groups in total. The van der Waals surface area contributed by atoms with Crippen LogP contribution >= 0.6 is 0 Å². The van der Waals surface area contributed by atoms with E-state index in [1.54, 1.807) is 7.11 Å². The van der Waals surface area contributed by atoms with Gasteiger partial charge in [-0.15, -0.1) is 0 Å². The molecule has 0 radical (unpaired) electrons. The molecule has 3 heteroatoms. The molecular formula is C18H21NO2. The number of hydrogen-bond donors (Lipinski definition) is 0. The van der Waals surface area contributed by atoms with Crippen molar-refractivity contribution in [3.63, 3.8) is 0 Å². The van der Waals surface area contributed by atoms with E-state index in [0.29, 0.717) is 5.92 Å². The number of carbonyl (C=O) groups excluding carboxylic acids is 1. The lowest BCUT2D eigenvalue weighted by molar-refractivity contribution is 0.0683. The molecular weight excluding hydrogens is 262 g/mol. The average Bonchev–Trinajstić information content (AvgIpc) is 2.53. The van der Waals surface area contributed by atoms with Gasteiger partial charge in [-0.1, -0.05) is 19.1 Å². The first-order valence-corrected chi connectivity index (χ1v) is 7.54. The van der Waals surface area contributed by atoms with Crippen molar-refractivity contribution in [2.24, 2.45) is 5.92 Å². The number of benzene rings is 2. The Morgan fingerprint density at radius 2 is 1.95 bits per heavy atom. The Morgan fingerprint density at radius 1 is 1.19 bits per heavy atom. The van der Waals surface area contributed by atoms with Gasteiger partial charge in [-0.05, 0) is 53.8 Å². The lowest BCUT2D eigenvalue weighted by Crippen LogP contribution is -2.39. The van der Waals surface area contributed by atoms with Crippen LogP contribution in [0.1, 0.15) is 30.1 Å². The summed E-state index contributed by atoms with van der Waals surface area (Å²) in [6, 6.07) is 11.8. The molecule has 1 saturated heterocycles. The van der Waals surface area contributed by atoms with Crippen LogP contribution in [0.4, 0.5) is 0 Å². The lowest BCUT2D eigenvalue weighted by Gasteiger charge is -2.31. The first-order chi connectivity index (χ1) is 10.2. The molecule has 2 aromatic rings. The zero-order valence-electron chi connectivity index (χ0n) is 12.6. The summed E-state index contributed by atoms with van der Waals surface area (Å²) in [4.78, 5) is 14.6. The predicted octanol–water partition coefficient (Wildman–Crippen LogP) is 3.72. The van der Waals surface area contributed by atoms with E-state index < -0.39 is 0 Å².